The van der Waals surface area contributed by atoms with Crippen LogP contribution in [0.4, 0.5) is 5.69 Å². The van der Waals surface area contributed by atoms with Crippen molar-refractivity contribution in [2.24, 2.45) is 0 Å². The number of benzene rings is 3. The molecule has 0 bridgehead atoms. The molecule has 0 aliphatic heterocycles. The van der Waals surface area contributed by atoms with Crippen LogP contribution in [0, 0.1) is 11.8 Å². The van der Waals surface area contributed by atoms with Crippen molar-refractivity contribution in [2.45, 2.75) is 19.4 Å². The molecule has 1 amide bonds. The third-order valence-electron chi connectivity index (χ3n) is 4.45. The van der Waals surface area contributed by atoms with E-state index in [-0.39, 0.29) is 5.02 Å². The Kier molecular flexibility index (Phi) is 7.97. The molecule has 3 aromatic rings. The standard InChI is InChI=1S/C25H21Cl2NO3/c1-2-3-6-14-31-19-9-7-8-17(15-19)20-10-4-5-11-23(20)28-25(30)24(29)18-12-13-21(26)22(27)16-18/h4-5,7-13,15-16,24,29H,2,14H2,1H3,(H,28,30). The van der Waals surface area contributed by atoms with Gasteiger partial charge in [-0.3, -0.25) is 4.79 Å². The Bertz CT molecular complexity index is 1130. The third kappa shape index (κ3) is 6.02. The monoisotopic (exact) mass is 453 g/mol. The highest BCUT2D eigenvalue weighted by molar-refractivity contribution is 6.42. The van der Waals surface area contributed by atoms with E-state index in [9.17, 15) is 9.90 Å². The van der Waals surface area contributed by atoms with Crippen molar-refractivity contribution in [3.05, 3.63) is 82.3 Å². The van der Waals surface area contributed by atoms with Crippen molar-refractivity contribution in [3.63, 3.8) is 0 Å². The average molecular weight is 454 g/mol. The first-order valence-corrected chi connectivity index (χ1v) is 10.5. The van der Waals surface area contributed by atoms with Crippen molar-refractivity contribution >= 4 is 34.8 Å². The lowest BCUT2D eigenvalue weighted by molar-refractivity contribution is -0.124. The van der Waals surface area contributed by atoms with Gasteiger partial charge in [-0.25, -0.2) is 0 Å². The van der Waals surface area contributed by atoms with Crippen molar-refractivity contribution in [1.82, 2.24) is 0 Å². The molecule has 1 atom stereocenters. The second kappa shape index (κ2) is 10.9. The van der Waals surface area contributed by atoms with Gasteiger partial charge in [-0.2, -0.15) is 0 Å². The minimum Gasteiger partial charge on any atom is -0.481 e. The van der Waals surface area contributed by atoms with Gasteiger partial charge >= 0.3 is 0 Å². The number of aliphatic hydroxyl groups excluding tert-OH is 1. The molecule has 1 unspecified atom stereocenters. The third-order valence-corrected chi connectivity index (χ3v) is 5.19. The number of nitrogens with one attached hydrogen (secondary N) is 1. The van der Waals surface area contributed by atoms with Gasteiger partial charge in [0.2, 0.25) is 0 Å². The zero-order chi connectivity index (χ0) is 22.2. The fraction of sp³-hybridized carbons (Fsp3) is 0.160. The Labute approximate surface area is 191 Å². The van der Waals surface area contributed by atoms with Crippen LogP contribution in [-0.2, 0) is 4.79 Å². The van der Waals surface area contributed by atoms with Gasteiger partial charge in [0.25, 0.3) is 5.91 Å². The second-order valence-electron chi connectivity index (χ2n) is 6.63. The maximum Gasteiger partial charge on any atom is 0.257 e. The highest BCUT2D eigenvalue weighted by atomic mass is 35.5. The van der Waals surface area contributed by atoms with E-state index in [1.807, 2.05) is 49.4 Å². The predicted molar refractivity (Wildman–Crippen MR) is 125 cm³/mol. The minimum absolute atomic E-state index is 0.270. The van der Waals surface area contributed by atoms with Crippen LogP contribution < -0.4 is 10.1 Å². The molecule has 2 N–H and O–H groups in total. The number of halogens is 2. The molecule has 31 heavy (non-hydrogen) atoms. The number of para-hydroxylation sites is 1. The number of amides is 1. The maximum absolute atomic E-state index is 12.7. The Hall–Kier alpha value is -2.97. The van der Waals surface area contributed by atoms with E-state index < -0.39 is 12.0 Å². The number of carbonyl (C=O) groups excluding carboxylic acids is 1. The fourth-order valence-electron chi connectivity index (χ4n) is 2.93. The van der Waals surface area contributed by atoms with E-state index in [2.05, 4.69) is 17.2 Å². The Balaban J connectivity index is 1.80. The van der Waals surface area contributed by atoms with Crippen LogP contribution in [0.25, 0.3) is 11.1 Å². The SMILES string of the molecule is CCC#CCOc1cccc(-c2ccccc2NC(=O)C(O)c2ccc(Cl)c(Cl)c2)c1. The zero-order valence-electron chi connectivity index (χ0n) is 16.9. The molecular formula is C25H21Cl2NO3. The lowest BCUT2D eigenvalue weighted by Crippen LogP contribution is -2.21. The van der Waals surface area contributed by atoms with Crippen molar-refractivity contribution in [1.29, 1.82) is 0 Å². The van der Waals surface area contributed by atoms with Crippen molar-refractivity contribution < 1.29 is 14.6 Å². The Morgan fingerprint density at radius 2 is 1.84 bits per heavy atom. The highest BCUT2D eigenvalue weighted by Crippen LogP contribution is 2.31. The van der Waals surface area contributed by atoms with Crippen LogP contribution in [0.15, 0.2) is 66.7 Å². The van der Waals surface area contributed by atoms with E-state index in [4.69, 9.17) is 27.9 Å². The molecular weight excluding hydrogens is 433 g/mol. The van der Waals surface area contributed by atoms with E-state index in [0.29, 0.717) is 28.6 Å². The fourth-order valence-corrected chi connectivity index (χ4v) is 3.23. The van der Waals surface area contributed by atoms with Crippen LogP contribution in [0.3, 0.4) is 0 Å². The summed E-state index contributed by atoms with van der Waals surface area (Å²) in [5.41, 5.74) is 2.57. The molecule has 0 aliphatic rings. The summed E-state index contributed by atoms with van der Waals surface area (Å²) in [6, 6.07) is 19.5. The van der Waals surface area contributed by atoms with Crippen LogP contribution in [0.1, 0.15) is 25.0 Å². The number of rotatable bonds is 6. The Morgan fingerprint density at radius 1 is 1.03 bits per heavy atom. The number of hydrogen-bond acceptors (Lipinski definition) is 3. The lowest BCUT2D eigenvalue weighted by atomic mass is 10.0. The minimum atomic E-state index is -1.39. The average Bonchev–Trinajstić information content (AvgIpc) is 2.78. The van der Waals surface area contributed by atoms with Crippen LogP contribution >= 0.6 is 23.2 Å². The maximum atomic E-state index is 12.7. The predicted octanol–water partition coefficient (Wildman–Crippen LogP) is 6.12. The normalized spacial score (nSPS) is 11.2. The molecule has 158 valence electrons. The summed E-state index contributed by atoms with van der Waals surface area (Å²) in [5.74, 6) is 6.01. The molecule has 3 rings (SSSR count). The molecule has 0 fully saturated rings. The van der Waals surface area contributed by atoms with Gasteiger partial charge in [-0.05, 0) is 41.5 Å². The molecule has 0 aromatic heterocycles. The van der Waals surface area contributed by atoms with Gasteiger partial charge in [-0.1, -0.05) is 72.4 Å². The number of ether oxygens (including phenoxy) is 1. The topological polar surface area (TPSA) is 58.6 Å². The van der Waals surface area contributed by atoms with E-state index >= 15 is 0 Å². The molecule has 0 saturated carbocycles. The summed E-state index contributed by atoms with van der Waals surface area (Å²) >= 11 is 11.9. The molecule has 0 saturated heterocycles. The van der Waals surface area contributed by atoms with Crippen molar-refractivity contribution in [3.8, 4) is 28.7 Å². The first-order valence-electron chi connectivity index (χ1n) is 9.71. The summed E-state index contributed by atoms with van der Waals surface area (Å²) in [4.78, 5) is 12.7. The Morgan fingerprint density at radius 3 is 2.61 bits per heavy atom. The summed E-state index contributed by atoms with van der Waals surface area (Å²) in [6.07, 6.45) is -0.612. The highest BCUT2D eigenvalue weighted by Gasteiger charge is 2.20. The quantitative estimate of drug-likeness (QED) is 0.441. The van der Waals surface area contributed by atoms with E-state index in [1.54, 1.807) is 18.2 Å². The largest absolute Gasteiger partial charge is 0.481 e. The smallest absolute Gasteiger partial charge is 0.257 e. The molecule has 6 heteroatoms. The molecule has 0 heterocycles. The number of carbonyl (C=O) groups is 1. The van der Waals surface area contributed by atoms with Crippen LogP contribution in [0.2, 0.25) is 10.0 Å². The van der Waals surface area contributed by atoms with Crippen molar-refractivity contribution in [2.75, 3.05) is 11.9 Å². The zero-order valence-corrected chi connectivity index (χ0v) is 18.4. The molecule has 3 aromatic carbocycles. The first kappa shape index (κ1) is 22.7. The summed E-state index contributed by atoms with van der Waals surface area (Å²) in [5, 5.41) is 13.9. The van der Waals surface area contributed by atoms with Gasteiger partial charge < -0.3 is 15.2 Å². The molecule has 0 aliphatic carbocycles. The molecule has 0 radical (unpaired) electrons. The summed E-state index contributed by atoms with van der Waals surface area (Å²) in [7, 11) is 0. The number of aliphatic hydroxyl groups is 1. The van der Waals surface area contributed by atoms with Gasteiger partial charge in [0.15, 0.2) is 6.10 Å². The van der Waals surface area contributed by atoms with Crippen LogP contribution in [0.5, 0.6) is 5.75 Å². The first-order chi connectivity index (χ1) is 15.0. The van der Waals surface area contributed by atoms with Gasteiger partial charge in [-0.15, -0.1) is 5.92 Å². The number of anilines is 1. The lowest BCUT2D eigenvalue weighted by Gasteiger charge is -2.15. The number of hydrogen-bond donors (Lipinski definition) is 2. The van der Waals surface area contributed by atoms with E-state index in [0.717, 1.165) is 17.5 Å². The van der Waals surface area contributed by atoms with Gasteiger partial charge in [0, 0.05) is 17.7 Å². The van der Waals surface area contributed by atoms with E-state index in [1.165, 1.54) is 6.07 Å². The summed E-state index contributed by atoms with van der Waals surface area (Å²) in [6.45, 7) is 2.29. The van der Waals surface area contributed by atoms with Gasteiger partial charge in [0.05, 0.1) is 10.0 Å². The van der Waals surface area contributed by atoms with Gasteiger partial charge in [0.1, 0.15) is 12.4 Å². The van der Waals surface area contributed by atoms with Crippen LogP contribution in [-0.4, -0.2) is 17.6 Å². The summed E-state index contributed by atoms with van der Waals surface area (Å²) < 4.78 is 5.68. The molecule has 4 nitrogen and oxygen atoms in total. The molecule has 0 spiro atoms. The second-order valence-corrected chi connectivity index (χ2v) is 7.45.